The third-order valence-electron chi connectivity index (χ3n) is 3.40. The number of anilines is 1. The summed E-state index contributed by atoms with van der Waals surface area (Å²) in [7, 11) is -3.69. The molecule has 8 heteroatoms. The maximum Gasteiger partial charge on any atom is 0.232 e. The highest BCUT2D eigenvalue weighted by Crippen LogP contribution is 2.29. The van der Waals surface area contributed by atoms with Gasteiger partial charge < -0.3 is 5.73 Å². The van der Waals surface area contributed by atoms with Gasteiger partial charge in [0, 0.05) is 11.1 Å². The molecule has 0 atom stereocenters. The lowest BCUT2D eigenvalue weighted by Crippen LogP contribution is -2.30. The molecule has 0 heterocycles. The smallest absolute Gasteiger partial charge is 0.232 e. The van der Waals surface area contributed by atoms with Gasteiger partial charge >= 0.3 is 0 Å². The van der Waals surface area contributed by atoms with E-state index in [0.29, 0.717) is 0 Å². The van der Waals surface area contributed by atoms with Crippen LogP contribution in [0.5, 0.6) is 0 Å². The Bertz CT molecular complexity index is 871. The van der Waals surface area contributed by atoms with Gasteiger partial charge in [0.25, 0.3) is 0 Å². The predicted octanol–water partition coefficient (Wildman–Crippen LogP) is 2.59. The molecule has 5 nitrogen and oxygen atoms in total. The number of carbonyl (C=O) groups excluding carboxylic acids is 1. The van der Waals surface area contributed by atoms with Crippen LogP contribution in [-0.4, -0.2) is 27.0 Å². The molecule has 0 saturated carbocycles. The third kappa shape index (κ3) is 4.11. The van der Waals surface area contributed by atoms with Gasteiger partial charge in [-0.25, -0.2) is 12.8 Å². The number of nitrogens with two attached hydrogens (primary N) is 1. The second-order valence-electron chi connectivity index (χ2n) is 5.15. The summed E-state index contributed by atoms with van der Waals surface area (Å²) in [6.07, 6.45) is 1.01. The average Bonchev–Trinajstić information content (AvgIpc) is 2.52. The summed E-state index contributed by atoms with van der Waals surface area (Å²) >= 11 is 6.06. The van der Waals surface area contributed by atoms with Gasteiger partial charge in [0.15, 0.2) is 5.78 Å². The molecule has 0 amide bonds. The van der Waals surface area contributed by atoms with E-state index >= 15 is 0 Å². The van der Waals surface area contributed by atoms with Gasteiger partial charge in [-0.1, -0.05) is 35.9 Å². The van der Waals surface area contributed by atoms with Crippen LogP contribution in [0.3, 0.4) is 0 Å². The van der Waals surface area contributed by atoms with Crippen molar-refractivity contribution in [2.75, 3.05) is 17.1 Å². The molecule has 0 spiro atoms. The highest BCUT2D eigenvalue weighted by atomic mass is 35.5. The monoisotopic (exact) mass is 370 g/mol. The number of rotatable bonds is 6. The molecule has 2 rings (SSSR count). The molecule has 128 valence electrons. The Labute approximate surface area is 144 Å². The highest BCUT2D eigenvalue weighted by Gasteiger charge is 2.22. The normalized spacial score (nSPS) is 11.3. The van der Waals surface area contributed by atoms with Gasteiger partial charge in [-0.15, -0.1) is 0 Å². The van der Waals surface area contributed by atoms with Crippen molar-refractivity contribution in [3.8, 4) is 0 Å². The molecule has 2 aromatic carbocycles. The van der Waals surface area contributed by atoms with Crippen molar-refractivity contribution in [3.05, 3.63) is 64.4 Å². The molecular formula is C16H16ClFN2O3S. The van der Waals surface area contributed by atoms with Crippen LogP contribution in [0.25, 0.3) is 0 Å². The summed E-state index contributed by atoms with van der Waals surface area (Å²) in [5.41, 5.74) is 5.76. The van der Waals surface area contributed by atoms with E-state index in [1.165, 1.54) is 18.2 Å². The zero-order valence-electron chi connectivity index (χ0n) is 12.9. The zero-order chi connectivity index (χ0) is 17.9. The number of nitrogens with zero attached hydrogens (tertiary/aromatic N) is 1. The number of hydrogen-bond donors (Lipinski definition) is 1. The van der Waals surface area contributed by atoms with E-state index in [9.17, 15) is 17.6 Å². The van der Waals surface area contributed by atoms with Crippen molar-refractivity contribution >= 4 is 33.1 Å². The average molecular weight is 371 g/mol. The van der Waals surface area contributed by atoms with Gasteiger partial charge in [0.1, 0.15) is 5.82 Å². The summed E-state index contributed by atoms with van der Waals surface area (Å²) in [5.74, 6) is -1.08. The molecule has 24 heavy (non-hydrogen) atoms. The van der Waals surface area contributed by atoms with Crippen LogP contribution in [0.15, 0.2) is 42.5 Å². The van der Waals surface area contributed by atoms with E-state index in [-0.39, 0.29) is 34.9 Å². The van der Waals surface area contributed by atoms with Gasteiger partial charge in [-0.05, 0) is 18.2 Å². The first-order valence-electron chi connectivity index (χ1n) is 6.98. The summed E-state index contributed by atoms with van der Waals surface area (Å²) in [5, 5.41) is 0.235. The number of hydrogen-bond acceptors (Lipinski definition) is 4. The van der Waals surface area contributed by atoms with Crippen LogP contribution in [0.1, 0.15) is 15.9 Å². The van der Waals surface area contributed by atoms with Gasteiger partial charge in [-0.3, -0.25) is 9.10 Å². The van der Waals surface area contributed by atoms with Crippen molar-refractivity contribution in [1.29, 1.82) is 0 Å². The number of ketones is 1. The number of benzene rings is 2. The number of Topliss-reactive ketones (excluding diaryl/α,β-unsaturated/α-hetero) is 1. The highest BCUT2D eigenvalue weighted by molar-refractivity contribution is 7.92. The largest absolute Gasteiger partial charge is 0.324 e. The Morgan fingerprint density at radius 1 is 1.25 bits per heavy atom. The number of carbonyl (C=O) groups is 1. The van der Waals surface area contributed by atoms with Crippen LogP contribution in [0, 0.1) is 5.82 Å². The van der Waals surface area contributed by atoms with Crippen LogP contribution < -0.4 is 10.0 Å². The molecule has 0 unspecified atom stereocenters. The second-order valence-corrected chi connectivity index (χ2v) is 7.47. The molecule has 0 aliphatic heterocycles. The standard InChI is InChI=1S/C16H16ClFN2O3S/c1-24(22,23)20(15-5-3-2-4-13(15)17)10-12-7-6-11(8-14(12)18)16(21)9-19/h2-8H,9-10,19H2,1H3. The molecule has 0 fully saturated rings. The fourth-order valence-electron chi connectivity index (χ4n) is 2.16. The van der Waals surface area contributed by atoms with Crippen molar-refractivity contribution in [1.82, 2.24) is 0 Å². The first-order valence-corrected chi connectivity index (χ1v) is 9.20. The third-order valence-corrected chi connectivity index (χ3v) is 4.84. The minimum atomic E-state index is -3.69. The lowest BCUT2D eigenvalue weighted by Gasteiger charge is -2.23. The number of sulfonamides is 1. The minimum absolute atomic E-state index is 0.119. The first kappa shape index (κ1) is 18.4. The van der Waals surface area contributed by atoms with Gasteiger partial charge in [0.2, 0.25) is 10.0 Å². The number of halogens is 2. The Morgan fingerprint density at radius 2 is 1.92 bits per heavy atom. The van der Waals surface area contributed by atoms with E-state index < -0.39 is 21.6 Å². The fourth-order valence-corrected chi connectivity index (χ4v) is 3.33. The predicted molar refractivity (Wildman–Crippen MR) is 92.3 cm³/mol. The van der Waals surface area contributed by atoms with E-state index in [2.05, 4.69) is 0 Å². The number of para-hydroxylation sites is 1. The summed E-state index contributed by atoms with van der Waals surface area (Å²) < 4.78 is 39.5. The van der Waals surface area contributed by atoms with Crippen LogP contribution in [-0.2, 0) is 16.6 Å². The van der Waals surface area contributed by atoms with Gasteiger partial charge in [0.05, 0.1) is 30.1 Å². The maximum absolute atomic E-state index is 14.3. The maximum atomic E-state index is 14.3. The molecular weight excluding hydrogens is 355 g/mol. The Balaban J connectivity index is 2.42. The zero-order valence-corrected chi connectivity index (χ0v) is 14.4. The lowest BCUT2D eigenvalue weighted by atomic mass is 10.1. The molecule has 0 saturated heterocycles. The molecule has 0 radical (unpaired) electrons. The van der Waals surface area contributed by atoms with E-state index in [1.54, 1.807) is 18.2 Å². The molecule has 2 aromatic rings. The summed E-state index contributed by atoms with van der Waals surface area (Å²) in [6.45, 7) is -0.473. The van der Waals surface area contributed by atoms with Crippen molar-refractivity contribution in [2.45, 2.75) is 6.54 Å². The Hall–Kier alpha value is -1.96. The van der Waals surface area contributed by atoms with E-state index in [1.807, 2.05) is 0 Å². The van der Waals surface area contributed by atoms with E-state index in [0.717, 1.165) is 16.6 Å². The summed E-state index contributed by atoms with van der Waals surface area (Å²) in [6, 6.07) is 10.2. The fraction of sp³-hybridized carbons (Fsp3) is 0.188. The first-order chi connectivity index (χ1) is 11.2. The Kier molecular flexibility index (Phi) is 5.58. The SMILES string of the molecule is CS(=O)(=O)N(Cc1ccc(C(=O)CN)cc1F)c1ccccc1Cl. The molecule has 0 aliphatic carbocycles. The van der Waals surface area contributed by atoms with Crippen molar-refractivity contribution in [3.63, 3.8) is 0 Å². The quantitative estimate of drug-likeness (QED) is 0.792. The molecule has 2 N–H and O–H groups in total. The topological polar surface area (TPSA) is 80.5 Å². The Morgan fingerprint density at radius 3 is 2.46 bits per heavy atom. The van der Waals surface area contributed by atoms with Crippen LogP contribution in [0.4, 0.5) is 10.1 Å². The van der Waals surface area contributed by atoms with E-state index in [4.69, 9.17) is 17.3 Å². The second kappa shape index (κ2) is 7.29. The lowest BCUT2D eigenvalue weighted by molar-refractivity contribution is 0.100. The van der Waals surface area contributed by atoms with Gasteiger partial charge in [-0.2, -0.15) is 0 Å². The minimum Gasteiger partial charge on any atom is -0.324 e. The summed E-state index contributed by atoms with van der Waals surface area (Å²) in [4.78, 5) is 11.5. The van der Waals surface area contributed by atoms with Crippen LogP contribution in [0.2, 0.25) is 5.02 Å². The molecule has 0 aliphatic rings. The van der Waals surface area contributed by atoms with Crippen molar-refractivity contribution < 1.29 is 17.6 Å². The molecule has 0 bridgehead atoms. The van der Waals surface area contributed by atoms with Crippen LogP contribution >= 0.6 is 11.6 Å². The van der Waals surface area contributed by atoms with Crippen molar-refractivity contribution in [2.24, 2.45) is 5.73 Å². The molecule has 0 aromatic heterocycles.